The van der Waals surface area contributed by atoms with Crippen molar-refractivity contribution in [1.29, 1.82) is 0 Å². The van der Waals surface area contributed by atoms with Crippen molar-refractivity contribution in [1.82, 2.24) is 30.8 Å². The monoisotopic (exact) mass is 684 g/mol. The fraction of sp³-hybridized carbons (Fsp3) is 0.421. The number of nitrogens with one attached hydrogen (secondary N) is 3. The summed E-state index contributed by atoms with van der Waals surface area (Å²) in [6.45, 7) is 9.66. The van der Waals surface area contributed by atoms with Crippen LogP contribution >= 0.6 is 11.3 Å². The number of hydrogen-bond acceptors (Lipinski definition) is 8. The molecule has 0 radical (unpaired) electrons. The van der Waals surface area contributed by atoms with E-state index in [-0.39, 0.29) is 29.4 Å². The minimum Gasteiger partial charge on any atom is -0.438 e. The number of rotatable bonds is 11. The van der Waals surface area contributed by atoms with Gasteiger partial charge in [0.25, 0.3) is 11.8 Å². The van der Waals surface area contributed by atoms with Gasteiger partial charge in [0.05, 0.1) is 11.2 Å². The number of aromatic nitrogens is 2. The van der Waals surface area contributed by atoms with Gasteiger partial charge in [-0.3, -0.25) is 9.59 Å². The van der Waals surface area contributed by atoms with Crippen molar-refractivity contribution in [2.24, 2.45) is 0 Å². The zero-order chi connectivity index (χ0) is 34.3. The number of thiazole rings is 1. The van der Waals surface area contributed by atoms with Crippen LogP contribution in [-0.2, 0) is 6.42 Å². The highest BCUT2D eigenvalue weighted by atomic mass is 32.1. The van der Waals surface area contributed by atoms with E-state index in [2.05, 4.69) is 68.9 Å². The summed E-state index contributed by atoms with van der Waals surface area (Å²) >= 11 is 1.44. The van der Waals surface area contributed by atoms with E-state index in [1.165, 1.54) is 16.9 Å². The number of pyridine rings is 1. The summed E-state index contributed by atoms with van der Waals surface area (Å²) in [5.41, 5.74) is 3.80. The molecule has 1 saturated carbocycles. The molecule has 6 rings (SSSR count). The average Bonchev–Trinajstić information content (AvgIpc) is 3.53. The first-order chi connectivity index (χ1) is 23.7. The molecule has 0 unspecified atom stereocenters. The Balaban J connectivity index is 1.03. The third-order valence-electron chi connectivity index (χ3n) is 9.22. The first-order valence-electron chi connectivity index (χ1n) is 17.2. The fourth-order valence-electron chi connectivity index (χ4n) is 6.89. The Morgan fingerprint density at radius 3 is 2.33 bits per heavy atom. The lowest BCUT2D eigenvalue weighted by molar-refractivity contribution is 0.0888. The normalized spacial score (nSPS) is 21.2. The van der Waals surface area contributed by atoms with Crippen LogP contribution in [0.4, 0.5) is 4.39 Å². The van der Waals surface area contributed by atoms with E-state index in [0.29, 0.717) is 49.2 Å². The first-order valence-corrected chi connectivity index (χ1v) is 18.1. The summed E-state index contributed by atoms with van der Waals surface area (Å²) in [4.78, 5) is 36.8. The van der Waals surface area contributed by atoms with Crippen molar-refractivity contribution in [3.8, 4) is 22.8 Å². The van der Waals surface area contributed by atoms with Crippen LogP contribution in [0.15, 0.2) is 66.2 Å². The number of carbonyl (C=O) groups excluding carboxylic acids is 2. The Labute approximate surface area is 291 Å². The Morgan fingerprint density at radius 2 is 1.65 bits per heavy atom. The van der Waals surface area contributed by atoms with Crippen molar-refractivity contribution in [3.63, 3.8) is 0 Å². The molecule has 2 fully saturated rings. The second-order valence-corrected chi connectivity index (χ2v) is 14.5. The van der Waals surface area contributed by atoms with Crippen molar-refractivity contribution in [2.45, 2.75) is 83.5 Å². The van der Waals surface area contributed by atoms with Crippen molar-refractivity contribution in [3.05, 3.63) is 93.8 Å². The van der Waals surface area contributed by atoms with Gasteiger partial charge in [0.2, 0.25) is 5.88 Å². The highest BCUT2D eigenvalue weighted by Crippen LogP contribution is 2.29. The van der Waals surface area contributed by atoms with Crippen LogP contribution in [0.2, 0.25) is 0 Å². The molecule has 2 aliphatic rings. The standard InChI is InChI=1S/C38H45FN6O3S/c1-24-21-45(22-25(2)41-24)17-5-6-27-9-11-28(12-10-27)29-7-4-8-33(18-29)48-38-34(19-30(39)20-40-38)36(46)43-31-13-15-32(16-14-31)44-37(47)35-23-49-26(3)42-35/h4,7-12,18-20,23-25,31-32,41H,5-6,13-17,21-22H2,1-3H3,(H,43,46)(H,44,47)/t24-,25+,31-,32+. The minimum absolute atomic E-state index is 0.0105. The summed E-state index contributed by atoms with van der Waals surface area (Å²) in [6.07, 6.45) is 6.00. The van der Waals surface area contributed by atoms with Gasteiger partial charge in [0, 0.05) is 42.6 Å². The Kier molecular flexibility index (Phi) is 11.3. The van der Waals surface area contributed by atoms with Gasteiger partial charge in [-0.2, -0.15) is 0 Å². The lowest BCUT2D eigenvalue weighted by Crippen LogP contribution is -2.54. The highest BCUT2D eigenvalue weighted by molar-refractivity contribution is 7.09. The molecule has 11 heteroatoms. The molecular weight excluding hydrogens is 640 g/mol. The third kappa shape index (κ3) is 9.49. The molecule has 1 saturated heterocycles. The number of carbonyl (C=O) groups is 2. The number of nitrogens with zero attached hydrogens (tertiary/aromatic N) is 3. The van der Waals surface area contributed by atoms with Gasteiger partial charge in [-0.1, -0.05) is 36.4 Å². The quantitative estimate of drug-likeness (QED) is 0.165. The highest BCUT2D eigenvalue weighted by Gasteiger charge is 2.26. The Morgan fingerprint density at radius 1 is 0.959 bits per heavy atom. The number of aryl methyl sites for hydroxylation is 2. The van der Waals surface area contributed by atoms with Crippen molar-refractivity contribution < 1.29 is 18.7 Å². The van der Waals surface area contributed by atoms with Crippen LogP contribution in [0.1, 0.15) is 77.4 Å². The minimum atomic E-state index is -0.618. The number of piperazine rings is 1. The third-order valence-corrected chi connectivity index (χ3v) is 9.99. The van der Waals surface area contributed by atoms with Gasteiger partial charge < -0.3 is 25.6 Å². The van der Waals surface area contributed by atoms with E-state index < -0.39 is 11.7 Å². The van der Waals surface area contributed by atoms with E-state index in [0.717, 1.165) is 60.9 Å². The number of amides is 2. The van der Waals surface area contributed by atoms with Crippen LogP contribution < -0.4 is 20.7 Å². The molecule has 2 aromatic carbocycles. The van der Waals surface area contributed by atoms with Crippen LogP contribution in [0.25, 0.3) is 11.1 Å². The van der Waals surface area contributed by atoms with Crippen molar-refractivity contribution in [2.75, 3.05) is 19.6 Å². The molecule has 0 bridgehead atoms. The molecule has 2 aromatic heterocycles. The SMILES string of the molecule is Cc1nc(C(=O)N[C@H]2CC[C@@H](NC(=O)c3cc(F)cnc3Oc3cccc(-c4ccc(CCCN5C[C@@H](C)N[C@@H](C)C5)cc4)c3)CC2)cs1. The molecule has 1 aliphatic carbocycles. The molecule has 9 nitrogen and oxygen atoms in total. The first kappa shape index (κ1) is 34.7. The van der Waals surface area contributed by atoms with Gasteiger partial charge in [-0.15, -0.1) is 11.3 Å². The van der Waals surface area contributed by atoms with Gasteiger partial charge in [-0.25, -0.2) is 14.4 Å². The van der Waals surface area contributed by atoms with E-state index >= 15 is 0 Å². The maximum absolute atomic E-state index is 14.3. The zero-order valence-electron chi connectivity index (χ0n) is 28.4. The van der Waals surface area contributed by atoms with Crippen molar-refractivity contribution >= 4 is 23.2 Å². The molecule has 258 valence electrons. The molecule has 2 amide bonds. The number of halogens is 1. The smallest absolute Gasteiger partial charge is 0.270 e. The largest absolute Gasteiger partial charge is 0.438 e. The topological polar surface area (TPSA) is 108 Å². The molecule has 0 spiro atoms. The summed E-state index contributed by atoms with van der Waals surface area (Å²) in [7, 11) is 0. The number of benzene rings is 2. The van der Waals surface area contributed by atoms with Crippen LogP contribution in [0, 0.1) is 12.7 Å². The average molecular weight is 685 g/mol. The molecule has 3 N–H and O–H groups in total. The van der Waals surface area contributed by atoms with Gasteiger partial charge >= 0.3 is 0 Å². The van der Waals surface area contributed by atoms with E-state index in [1.807, 2.05) is 25.1 Å². The summed E-state index contributed by atoms with van der Waals surface area (Å²) < 4.78 is 20.4. The number of hydrogen-bond donors (Lipinski definition) is 3. The predicted molar refractivity (Wildman–Crippen MR) is 191 cm³/mol. The van der Waals surface area contributed by atoms with E-state index in [9.17, 15) is 14.0 Å². The van der Waals surface area contributed by atoms with Crippen LogP contribution in [-0.4, -0.2) is 70.5 Å². The lowest BCUT2D eigenvalue weighted by Gasteiger charge is -2.36. The molecular formula is C38H45FN6O3S. The molecule has 2 atom stereocenters. The predicted octanol–water partition coefficient (Wildman–Crippen LogP) is 6.53. The maximum Gasteiger partial charge on any atom is 0.270 e. The molecule has 4 aromatic rings. The molecule has 1 aliphatic heterocycles. The van der Waals surface area contributed by atoms with Crippen LogP contribution in [0.3, 0.4) is 0 Å². The summed E-state index contributed by atoms with van der Waals surface area (Å²) in [6, 6.07) is 18.3. The number of ether oxygens (including phenoxy) is 1. The second-order valence-electron chi connectivity index (χ2n) is 13.4. The fourth-order valence-corrected chi connectivity index (χ4v) is 7.48. The summed E-state index contributed by atoms with van der Waals surface area (Å²) in [5, 5.41) is 12.3. The van der Waals surface area contributed by atoms with E-state index in [1.54, 1.807) is 11.4 Å². The summed E-state index contributed by atoms with van der Waals surface area (Å²) in [5.74, 6) is -0.695. The zero-order valence-corrected chi connectivity index (χ0v) is 29.2. The van der Waals surface area contributed by atoms with Gasteiger partial charge in [0.15, 0.2) is 0 Å². The van der Waals surface area contributed by atoms with E-state index in [4.69, 9.17) is 4.74 Å². The maximum atomic E-state index is 14.3. The van der Waals surface area contributed by atoms with Gasteiger partial charge in [0.1, 0.15) is 22.8 Å². The van der Waals surface area contributed by atoms with Gasteiger partial charge in [-0.05, 0) is 101 Å². The Hall–Kier alpha value is -4.19. The Bertz CT molecular complexity index is 1730. The molecule has 49 heavy (non-hydrogen) atoms. The lowest BCUT2D eigenvalue weighted by atomic mass is 9.91. The van der Waals surface area contributed by atoms with Crippen LogP contribution in [0.5, 0.6) is 11.6 Å². The second kappa shape index (κ2) is 16.0. The molecule has 3 heterocycles.